The standard InChI is InChI=1S/C14H15ClN2OS/c1-14(2,3)12-8-19-13(17-12)6-11(18)9-4-5-16-7-10(9)15/h4-5,7-8H,6H2,1-3H3. The zero-order valence-corrected chi connectivity index (χ0v) is 12.7. The molecule has 0 aliphatic rings. The number of ketones is 1. The van der Waals surface area contributed by atoms with Crippen molar-refractivity contribution in [1.29, 1.82) is 0 Å². The molecule has 0 saturated carbocycles. The van der Waals surface area contributed by atoms with Crippen LogP contribution >= 0.6 is 22.9 Å². The van der Waals surface area contributed by atoms with E-state index in [9.17, 15) is 4.79 Å². The van der Waals surface area contributed by atoms with Gasteiger partial charge in [-0.25, -0.2) is 4.98 Å². The van der Waals surface area contributed by atoms with Crippen LogP contribution < -0.4 is 0 Å². The fourth-order valence-corrected chi connectivity index (χ4v) is 2.81. The van der Waals surface area contributed by atoms with Crippen molar-refractivity contribution in [3.05, 3.63) is 45.1 Å². The molecule has 5 heteroatoms. The number of nitrogens with zero attached hydrogens (tertiary/aromatic N) is 2. The lowest BCUT2D eigenvalue weighted by Gasteiger charge is -2.14. The van der Waals surface area contributed by atoms with Crippen molar-refractivity contribution in [2.45, 2.75) is 32.6 Å². The highest BCUT2D eigenvalue weighted by Crippen LogP contribution is 2.25. The lowest BCUT2D eigenvalue weighted by atomic mass is 9.93. The van der Waals surface area contributed by atoms with E-state index in [1.165, 1.54) is 17.5 Å². The first-order chi connectivity index (χ1) is 8.88. The van der Waals surface area contributed by atoms with E-state index in [-0.39, 0.29) is 17.6 Å². The van der Waals surface area contributed by atoms with Crippen LogP contribution in [0.3, 0.4) is 0 Å². The first-order valence-electron chi connectivity index (χ1n) is 5.95. The molecule has 0 spiro atoms. The third kappa shape index (κ3) is 3.39. The highest BCUT2D eigenvalue weighted by molar-refractivity contribution is 7.09. The second-order valence-electron chi connectivity index (χ2n) is 5.33. The van der Waals surface area contributed by atoms with Crippen LogP contribution in [0.5, 0.6) is 0 Å². The second-order valence-corrected chi connectivity index (χ2v) is 6.68. The molecule has 2 aromatic heterocycles. The molecular weight excluding hydrogens is 280 g/mol. The molecule has 0 saturated heterocycles. The third-order valence-electron chi connectivity index (χ3n) is 2.70. The summed E-state index contributed by atoms with van der Waals surface area (Å²) >= 11 is 7.48. The molecule has 0 atom stereocenters. The van der Waals surface area contributed by atoms with E-state index in [0.29, 0.717) is 10.6 Å². The Morgan fingerprint density at radius 1 is 1.42 bits per heavy atom. The van der Waals surface area contributed by atoms with Gasteiger partial charge in [0.15, 0.2) is 5.78 Å². The Hall–Kier alpha value is -1.26. The normalized spacial score (nSPS) is 11.6. The van der Waals surface area contributed by atoms with Crippen molar-refractivity contribution in [2.75, 3.05) is 0 Å². The van der Waals surface area contributed by atoms with Gasteiger partial charge in [-0.15, -0.1) is 11.3 Å². The Morgan fingerprint density at radius 2 is 2.16 bits per heavy atom. The summed E-state index contributed by atoms with van der Waals surface area (Å²) in [5.74, 6) is -0.0257. The van der Waals surface area contributed by atoms with E-state index in [4.69, 9.17) is 11.6 Å². The Morgan fingerprint density at radius 3 is 2.74 bits per heavy atom. The summed E-state index contributed by atoms with van der Waals surface area (Å²) in [5, 5.41) is 3.22. The van der Waals surface area contributed by atoms with Gasteiger partial charge in [0.05, 0.1) is 17.1 Å². The maximum Gasteiger partial charge on any atom is 0.171 e. The van der Waals surface area contributed by atoms with Crippen molar-refractivity contribution in [2.24, 2.45) is 0 Å². The number of rotatable bonds is 3. The first-order valence-corrected chi connectivity index (χ1v) is 7.21. The summed E-state index contributed by atoms with van der Waals surface area (Å²) in [4.78, 5) is 20.5. The van der Waals surface area contributed by atoms with Crippen LogP contribution in [0.25, 0.3) is 0 Å². The number of hydrogen-bond acceptors (Lipinski definition) is 4. The molecule has 0 aliphatic carbocycles. The minimum atomic E-state index is -0.0257. The van der Waals surface area contributed by atoms with Gasteiger partial charge in [-0.05, 0) is 6.07 Å². The molecule has 2 rings (SSSR count). The monoisotopic (exact) mass is 294 g/mol. The number of hydrogen-bond donors (Lipinski definition) is 0. The minimum Gasteiger partial charge on any atom is -0.294 e. The van der Waals surface area contributed by atoms with Gasteiger partial charge in [-0.2, -0.15) is 0 Å². The number of Topliss-reactive ketones (excluding diaryl/α,β-unsaturated/α-hetero) is 1. The first kappa shape index (κ1) is 14.2. The number of thiazole rings is 1. The smallest absolute Gasteiger partial charge is 0.171 e. The van der Waals surface area contributed by atoms with Crippen LogP contribution in [-0.4, -0.2) is 15.8 Å². The number of pyridine rings is 1. The van der Waals surface area contributed by atoms with Gasteiger partial charge in [-0.1, -0.05) is 32.4 Å². The summed E-state index contributed by atoms with van der Waals surface area (Å²) in [5.41, 5.74) is 1.52. The topological polar surface area (TPSA) is 42.9 Å². The fourth-order valence-electron chi connectivity index (χ4n) is 1.57. The summed E-state index contributed by atoms with van der Waals surface area (Å²) in [6.07, 6.45) is 3.34. The molecule has 19 heavy (non-hydrogen) atoms. The molecule has 0 bridgehead atoms. The van der Waals surface area contributed by atoms with Crippen molar-refractivity contribution in [1.82, 2.24) is 9.97 Å². The Labute approximate surface area is 121 Å². The maximum atomic E-state index is 12.1. The molecular formula is C14H15ClN2OS. The molecule has 0 unspecified atom stereocenters. The average Bonchev–Trinajstić information content (AvgIpc) is 2.77. The van der Waals surface area contributed by atoms with E-state index < -0.39 is 0 Å². The quantitative estimate of drug-likeness (QED) is 0.806. The third-order valence-corrected chi connectivity index (χ3v) is 3.85. The highest BCUT2D eigenvalue weighted by Gasteiger charge is 2.19. The van der Waals surface area contributed by atoms with Crippen LogP contribution in [0.15, 0.2) is 23.8 Å². The Bertz CT molecular complexity index is 601. The minimum absolute atomic E-state index is 0.00606. The largest absolute Gasteiger partial charge is 0.294 e. The van der Waals surface area contributed by atoms with Gasteiger partial charge in [0, 0.05) is 28.8 Å². The van der Waals surface area contributed by atoms with Crippen LogP contribution in [0.2, 0.25) is 5.02 Å². The predicted molar refractivity (Wildman–Crippen MR) is 78.1 cm³/mol. The molecule has 0 aliphatic heterocycles. The summed E-state index contributed by atoms with van der Waals surface area (Å²) in [7, 11) is 0. The SMILES string of the molecule is CC(C)(C)c1csc(CC(=O)c2ccncc2Cl)n1. The zero-order chi connectivity index (χ0) is 14.0. The average molecular weight is 295 g/mol. The lowest BCUT2D eigenvalue weighted by Crippen LogP contribution is -2.12. The number of halogens is 1. The molecule has 0 amide bonds. The summed E-state index contributed by atoms with van der Waals surface area (Å²) in [6.45, 7) is 6.31. The molecule has 2 heterocycles. The fraction of sp³-hybridized carbons (Fsp3) is 0.357. The van der Waals surface area contributed by atoms with E-state index in [1.54, 1.807) is 12.3 Å². The van der Waals surface area contributed by atoms with Crippen molar-refractivity contribution >= 4 is 28.7 Å². The lowest BCUT2D eigenvalue weighted by molar-refractivity contribution is 0.0993. The summed E-state index contributed by atoms with van der Waals surface area (Å²) in [6, 6.07) is 1.64. The van der Waals surface area contributed by atoms with Crippen LogP contribution in [0, 0.1) is 0 Å². The highest BCUT2D eigenvalue weighted by atomic mass is 35.5. The van der Waals surface area contributed by atoms with Gasteiger partial charge in [-0.3, -0.25) is 9.78 Å². The molecule has 0 radical (unpaired) electrons. The predicted octanol–water partition coefficient (Wildman–Crippen LogP) is 3.91. The van der Waals surface area contributed by atoms with Gasteiger partial charge >= 0.3 is 0 Å². The zero-order valence-electron chi connectivity index (χ0n) is 11.1. The molecule has 2 aromatic rings. The van der Waals surface area contributed by atoms with E-state index >= 15 is 0 Å². The number of aromatic nitrogens is 2. The van der Waals surface area contributed by atoms with Gasteiger partial charge < -0.3 is 0 Å². The molecule has 0 aromatic carbocycles. The van der Waals surface area contributed by atoms with Crippen molar-refractivity contribution in [3.63, 3.8) is 0 Å². The van der Waals surface area contributed by atoms with Crippen LogP contribution in [0.1, 0.15) is 41.8 Å². The van der Waals surface area contributed by atoms with Gasteiger partial charge in [0.2, 0.25) is 0 Å². The number of carbonyl (C=O) groups excluding carboxylic acids is 1. The van der Waals surface area contributed by atoms with E-state index in [0.717, 1.165) is 10.7 Å². The van der Waals surface area contributed by atoms with E-state index in [1.807, 2.05) is 5.38 Å². The van der Waals surface area contributed by atoms with Crippen molar-refractivity contribution < 1.29 is 4.79 Å². The molecule has 0 fully saturated rings. The van der Waals surface area contributed by atoms with Crippen LogP contribution in [0.4, 0.5) is 0 Å². The van der Waals surface area contributed by atoms with E-state index in [2.05, 4.69) is 30.7 Å². The maximum absolute atomic E-state index is 12.1. The Kier molecular flexibility index (Phi) is 4.02. The Balaban J connectivity index is 2.16. The summed E-state index contributed by atoms with van der Waals surface area (Å²) < 4.78 is 0. The van der Waals surface area contributed by atoms with Crippen LogP contribution in [-0.2, 0) is 11.8 Å². The van der Waals surface area contributed by atoms with Gasteiger partial charge in [0.25, 0.3) is 0 Å². The number of carbonyl (C=O) groups is 1. The molecule has 100 valence electrons. The molecule has 3 nitrogen and oxygen atoms in total. The molecule has 0 N–H and O–H groups in total. The van der Waals surface area contributed by atoms with Crippen molar-refractivity contribution in [3.8, 4) is 0 Å². The second kappa shape index (κ2) is 5.39. The van der Waals surface area contributed by atoms with Gasteiger partial charge in [0.1, 0.15) is 5.01 Å².